The van der Waals surface area contributed by atoms with Gasteiger partial charge in [-0.25, -0.2) is 0 Å². The van der Waals surface area contributed by atoms with Crippen LogP contribution in [0.5, 0.6) is 0 Å². The highest BCUT2D eigenvalue weighted by Gasteiger charge is 2.15. The molecule has 2 aromatic carbocycles. The molecule has 118 valence electrons. The van der Waals surface area contributed by atoms with E-state index in [0.29, 0.717) is 21.3 Å². The lowest BCUT2D eigenvalue weighted by atomic mass is 10.1. The van der Waals surface area contributed by atoms with Crippen LogP contribution in [0.4, 0.5) is 5.69 Å². The number of carbonyl (C=O) groups excluding carboxylic acids is 1. The highest BCUT2D eigenvalue weighted by atomic mass is 35.5. The lowest BCUT2D eigenvalue weighted by molar-refractivity contribution is -0.116. The summed E-state index contributed by atoms with van der Waals surface area (Å²) in [5.74, 6) is -0.715. The van der Waals surface area contributed by atoms with E-state index in [4.69, 9.17) is 23.2 Å². The second-order valence-electron chi connectivity index (χ2n) is 4.56. The first kappa shape index (κ1) is 17.1. The Morgan fingerprint density at radius 1 is 1.13 bits per heavy atom. The predicted molar refractivity (Wildman–Crippen MR) is 94.7 cm³/mol. The minimum absolute atomic E-state index is 0.00977. The van der Waals surface area contributed by atoms with Gasteiger partial charge in [0.25, 0.3) is 5.91 Å². The summed E-state index contributed by atoms with van der Waals surface area (Å²) in [4.78, 5) is 16.2. The van der Waals surface area contributed by atoms with E-state index in [0.717, 1.165) is 0 Å². The molecule has 0 aliphatic rings. The standard InChI is InChI=1S/C17H14Cl2N2O2/c1-20-17(23)14(10-21-12-8-6-11(18)7-9-12)16(22)13-4-2-3-5-15(13)19/h2-10,22H,1H3,(H,20,23). The zero-order valence-corrected chi connectivity index (χ0v) is 13.8. The van der Waals surface area contributed by atoms with E-state index in [-0.39, 0.29) is 11.3 Å². The van der Waals surface area contributed by atoms with Crippen molar-refractivity contribution in [2.45, 2.75) is 0 Å². The molecular formula is C17H14Cl2N2O2. The van der Waals surface area contributed by atoms with Gasteiger partial charge >= 0.3 is 0 Å². The molecule has 0 saturated heterocycles. The van der Waals surface area contributed by atoms with E-state index < -0.39 is 5.91 Å². The quantitative estimate of drug-likeness (QED) is 0.488. The van der Waals surface area contributed by atoms with Crippen molar-refractivity contribution in [1.29, 1.82) is 0 Å². The molecule has 23 heavy (non-hydrogen) atoms. The summed E-state index contributed by atoms with van der Waals surface area (Å²) in [6.07, 6.45) is 1.29. The summed E-state index contributed by atoms with van der Waals surface area (Å²) in [7, 11) is 1.47. The number of nitrogens with zero attached hydrogens (tertiary/aromatic N) is 1. The summed E-state index contributed by atoms with van der Waals surface area (Å²) < 4.78 is 0. The topological polar surface area (TPSA) is 61.7 Å². The third-order valence-corrected chi connectivity index (χ3v) is 3.61. The number of rotatable bonds is 4. The van der Waals surface area contributed by atoms with E-state index in [9.17, 15) is 9.90 Å². The molecule has 0 aliphatic carbocycles. The molecule has 2 N–H and O–H groups in total. The molecule has 0 bridgehead atoms. The molecule has 0 saturated carbocycles. The maximum Gasteiger partial charge on any atom is 0.256 e. The highest BCUT2D eigenvalue weighted by molar-refractivity contribution is 6.33. The van der Waals surface area contributed by atoms with Crippen molar-refractivity contribution < 1.29 is 9.90 Å². The summed E-state index contributed by atoms with van der Waals surface area (Å²) in [5.41, 5.74) is 0.966. The molecule has 0 spiro atoms. The maximum absolute atomic E-state index is 12.0. The van der Waals surface area contributed by atoms with Crippen molar-refractivity contribution in [2.75, 3.05) is 7.05 Å². The van der Waals surface area contributed by atoms with Crippen LogP contribution in [0.2, 0.25) is 10.0 Å². The van der Waals surface area contributed by atoms with Crippen LogP contribution in [-0.4, -0.2) is 24.3 Å². The zero-order chi connectivity index (χ0) is 16.8. The fourth-order valence-electron chi connectivity index (χ4n) is 1.83. The summed E-state index contributed by atoms with van der Waals surface area (Å²) in [6, 6.07) is 13.5. The molecular weight excluding hydrogens is 335 g/mol. The number of hydrogen-bond acceptors (Lipinski definition) is 3. The first-order valence-electron chi connectivity index (χ1n) is 6.72. The van der Waals surface area contributed by atoms with Gasteiger partial charge in [0.1, 0.15) is 5.76 Å². The fourth-order valence-corrected chi connectivity index (χ4v) is 2.18. The van der Waals surface area contributed by atoms with Crippen LogP contribution in [0.3, 0.4) is 0 Å². The number of hydrogen-bond donors (Lipinski definition) is 2. The normalized spacial score (nSPS) is 12.1. The number of likely N-dealkylation sites (N-methyl/N-ethyl adjacent to an activating group) is 1. The van der Waals surface area contributed by atoms with E-state index in [1.54, 1.807) is 48.5 Å². The number of nitrogens with one attached hydrogen (secondary N) is 1. The number of amides is 1. The number of halogens is 2. The maximum atomic E-state index is 12.0. The average molecular weight is 349 g/mol. The van der Waals surface area contributed by atoms with E-state index in [2.05, 4.69) is 10.3 Å². The third kappa shape index (κ3) is 4.34. The molecule has 0 aliphatic heterocycles. The van der Waals surface area contributed by atoms with Gasteiger partial charge in [0.2, 0.25) is 0 Å². The number of aliphatic hydroxyl groups excluding tert-OH is 1. The Morgan fingerprint density at radius 2 is 1.78 bits per heavy atom. The summed E-state index contributed by atoms with van der Waals surface area (Å²) >= 11 is 11.9. The van der Waals surface area contributed by atoms with Crippen molar-refractivity contribution in [3.63, 3.8) is 0 Å². The lowest BCUT2D eigenvalue weighted by Crippen LogP contribution is -2.22. The van der Waals surface area contributed by atoms with Crippen molar-refractivity contribution in [3.8, 4) is 0 Å². The number of aliphatic imine (C=N–C) groups is 1. The Balaban J connectivity index is 2.45. The molecule has 0 unspecified atom stereocenters. The second kappa shape index (κ2) is 7.81. The smallest absolute Gasteiger partial charge is 0.256 e. The van der Waals surface area contributed by atoms with Gasteiger partial charge in [0, 0.05) is 23.8 Å². The molecule has 4 nitrogen and oxygen atoms in total. The number of aliphatic hydroxyl groups is 1. The largest absolute Gasteiger partial charge is 0.506 e. The van der Waals surface area contributed by atoms with Crippen LogP contribution >= 0.6 is 23.2 Å². The van der Waals surface area contributed by atoms with Crippen molar-refractivity contribution in [1.82, 2.24) is 5.32 Å². The number of benzene rings is 2. The molecule has 6 heteroatoms. The van der Waals surface area contributed by atoms with Gasteiger partial charge in [-0.15, -0.1) is 0 Å². The Labute approximate surface area is 144 Å². The molecule has 2 rings (SSSR count). The van der Waals surface area contributed by atoms with Gasteiger partial charge in [0.05, 0.1) is 16.3 Å². The first-order chi connectivity index (χ1) is 11.0. The van der Waals surface area contributed by atoms with Crippen molar-refractivity contribution in [3.05, 3.63) is 69.7 Å². The predicted octanol–water partition coefficient (Wildman–Crippen LogP) is 4.41. The Bertz CT molecular complexity index is 768. The second-order valence-corrected chi connectivity index (χ2v) is 5.40. The van der Waals surface area contributed by atoms with E-state index >= 15 is 0 Å². The average Bonchev–Trinajstić information content (AvgIpc) is 2.56. The number of carbonyl (C=O) groups is 1. The molecule has 1 amide bonds. The minimum Gasteiger partial charge on any atom is -0.506 e. The summed E-state index contributed by atoms with van der Waals surface area (Å²) in [6.45, 7) is 0. The highest BCUT2D eigenvalue weighted by Crippen LogP contribution is 2.24. The molecule has 0 heterocycles. The first-order valence-corrected chi connectivity index (χ1v) is 7.48. The van der Waals surface area contributed by atoms with E-state index in [1.807, 2.05) is 0 Å². The lowest BCUT2D eigenvalue weighted by Gasteiger charge is -2.07. The van der Waals surface area contributed by atoms with E-state index in [1.165, 1.54) is 13.3 Å². The van der Waals surface area contributed by atoms with Gasteiger partial charge in [-0.2, -0.15) is 0 Å². The van der Waals surface area contributed by atoms with Crippen LogP contribution < -0.4 is 5.32 Å². The molecule has 0 aromatic heterocycles. The SMILES string of the molecule is CNC(=O)C(C=Nc1ccc(Cl)cc1)=C(O)c1ccccc1Cl. The van der Waals surface area contributed by atoms with Crippen molar-refractivity contribution >= 4 is 46.8 Å². The Hall–Kier alpha value is -2.30. The monoisotopic (exact) mass is 348 g/mol. The molecule has 0 radical (unpaired) electrons. The van der Waals surface area contributed by atoms with Crippen LogP contribution in [0.1, 0.15) is 5.56 Å². The Morgan fingerprint density at radius 3 is 2.39 bits per heavy atom. The van der Waals surface area contributed by atoms with Crippen LogP contribution in [0.15, 0.2) is 59.1 Å². The van der Waals surface area contributed by atoms with Gasteiger partial charge < -0.3 is 10.4 Å². The van der Waals surface area contributed by atoms with Crippen LogP contribution in [0.25, 0.3) is 5.76 Å². The van der Waals surface area contributed by atoms with Gasteiger partial charge in [-0.3, -0.25) is 9.79 Å². The minimum atomic E-state index is -0.472. The Kier molecular flexibility index (Phi) is 5.79. The van der Waals surface area contributed by atoms with Gasteiger partial charge in [-0.1, -0.05) is 35.3 Å². The zero-order valence-electron chi connectivity index (χ0n) is 12.3. The van der Waals surface area contributed by atoms with Crippen molar-refractivity contribution in [2.24, 2.45) is 4.99 Å². The molecule has 0 atom stereocenters. The van der Waals surface area contributed by atoms with Crippen LogP contribution in [0, 0.1) is 0 Å². The molecule has 0 fully saturated rings. The van der Waals surface area contributed by atoms with Gasteiger partial charge in [0.15, 0.2) is 0 Å². The van der Waals surface area contributed by atoms with Crippen LogP contribution in [-0.2, 0) is 4.79 Å². The summed E-state index contributed by atoms with van der Waals surface area (Å²) in [5, 5.41) is 13.8. The third-order valence-electron chi connectivity index (χ3n) is 3.03. The fraction of sp³-hybridized carbons (Fsp3) is 0.0588. The van der Waals surface area contributed by atoms with Gasteiger partial charge in [-0.05, 0) is 36.4 Å². The molecule has 2 aromatic rings.